The van der Waals surface area contributed by atoms with Gasteiger partial charge in [-0.25, -0.2) is 0 Å². The van der Waals surface area contributed by atoms with Crippen LogP contribution in [0, 0.1) is 6.92 Å². The van der Waals surface area contributed by atoms with E-state index in [1.807, 2.05) is 12.1 Å². The summed E-state index contributed by atoms with van der Waals surface area (Å²) >= 11 is 0. The van der Waals surface area contributed by atoms with Gasteiger partial charge in [-0.05, 0) is 158 Å². The molecule has 4 heterocycles. The van der Waals surface area contributed by atoms with E-state index in [0.29, 0.717) is 0 Å². The second kappa shape index (κ2) is 14.8. The molecule has 4 nitrogen and oxygen atoms in total. The van der Waals surface area contributed by atoms with E-state index in [-0.39, 0.29) is 17.5 Å². The van der Waals surface area contributed by atoms with Crippen molar-refractivity contribution in [3.63, 3.8) is 0 Å². The number of anilines is 6. The number of furan rings is 2. The van der Waals surface area contributed by atoms with Gasteiger partial charge in [0.2, 0.25) is 0 Å². The van der Waals surface area contributed by atoms with Gasteiger partial charge in [0.15, 0.2) is 0 Å². The molecule has 0 radical (unpaired) electrons. The van der Waals surface area contributed by atoms with Crippen LogP contribution >= 0.6 is 0 Å². The Balaban J connectivity index is 0.971. The van der Waals surface area contributed by atoms with E-state index in [4.69, 9.17) is 8.83 Å². The van der Waals surface area contributed by atoms with Gasteiger partial charge in [-0.15, -0.1) is 0 Å². The Hall–Kier alpha value is -7.50. The molecular weight excluding hydrogens is 828 g/mol. The molecule has 0 spiro atoms. The number of hydrogen-bond donors (Lipinski definition) is 0. The Bertz CT molecular complexity index is 3720. The van der Waals surface area contributed by atoms with Crippen molar-refractivity contribution in [1.29, 1.82) is 0 Å². The van der Waals surface area contributed by atoms with Crippen molar-refractivity contribution in [1.82, 2.24) is 0 Å². The number of aryl methyl sites for hydroxylation is 2. The molecule has 2 aliphatic heterocycles. The molecule has 2 aromatic heterocycles. The second-order valence-electron chi connectivity index (χ2n) is 21.4. The molecule has 0 saturated carbocycles. The van der Waals surface area contributed by atoms with Crippen LogP contribution in [-0.4, -0.2) is 6.71 Å². The summed E-state index contributed by atoms with van der Waals surface area (Å²) in [7, 11) is 0. The van der Waals surface area contributed by atoms with Crippen LogP contribution in [0.25, 0.3) is 61.2 Å². The summed E-state index contributed by atoms with van der Waals surface area (Å²) in [5.41, 5.74) is 23.6. The van der Waals surface area contributed by atoms with E-state index in [9.17, 15) is 0 Å². The zero-order valence-electron chi connectivity index (χ0n) is 39.9. The third-order valence-electron chi connectivity index (χ3n) is 14.9. The maximum atomic E-state index is 6.41. The fourth-order valence-electron chi connectivity index (χ4n) is 11.3. The summed E-state index contributed by atoms with van der Waals surface area (Å²) in [6.45, 7) is 16.2. The number of rotatable bonds is 4. The fourth-order valence-corrected chi connectivity index (χ4v) is 11.3. The van der Waals surface area contributed by atoms with E-state index in [2.05, 4.69) is 216 Å². The minimum Gasteiger partial charge on any atom is -0.460 e. The molecule has 1 aliphatic carbocycles. The Kier molecular flexibility index (Phi) is 8.84. The monoisotopic (exact) mass is 880 g/mol. The van der Waals surface area contributed by atoms with Crippen LogP contribution in [0.2, 0.25) is 0 Å². The second-order valence-corrected chi connectivity index (χ2v) is 21.4. The van der Waals surface area contributed by atoms with E-state index in [0.717, 1.165) is 74.2 Å². The topological polar surface area (TPSA) is 32.8 Å². The van der Waals surface area contributed by atoms with E-state index in [1.54, 1.807) is 0 Å². The third kappa shape index (κ3) is 6.35. The Morgan fingerprint density at radius 2 is 0.985 bits per heavy atom. The van der Waals surface area contributed by atoms with Crippen molar-refractivity contribution in [3.05, 3.63) is 192 Å². The van der Waals surface area contributed by atoms with Crippen molar-refractivity contribution >= 4 is 96.2 Å². The third-order valence-corrected chi connectivity index (χ3v) is 14.9. The average Bonchev–Trinajstić information content (AvgIpc) is 3.91. The Morgan fingerprint density at radius 3 is 1.56 bits per heavy atom. The maximum absolute atomic E-state index is 6.41. The van der Waals surface area contributed by atoms with Crippen molar-refractivity contribution < 1.29 is 8.83 Å². The van der Waals surface area contributed by atoms with Crippen LogP contribution in [0.15, 0.2) is 173 Å². The van der Waals surface area contributed by atoms with Crippen LogP contribution in [0.5, 0.6) is 0 Å². The molecule has 8 aromatic carbocycles. The Morgan fingerprint density at radius 1 is 0.471 bits per heavy atom. The lowest BCUT2D eigenvalue weighted by Gasteiger charge is -2.45. The highest BCUT2D eigenvalue weighted by atomic mass is 16.3. The highest BCUT2D eigenvalue weighted by Crippen LogP contribution is 2.46. The van der Waals surface area contributed by atoms with Gasteiger partial charge in [-0.2, -0.15) is 0 Å². The summed E-state index contributed by atoms with van der Waals surface area (Å²) in [5.74, 6) is 1.10. The lowest BCUT2D eigenvalue weighted by Crippen LogP contribution is -2.61. The maximum Gasteiger partial charge on any atom is 0.252 e. The largest absolute Gasteiger partial charge is 0.460 e. The molecule has 3 aliphatic rings. The van der Waals surface area contributed by atoms with E-state index >= 15 is 0 Å². The SMILES string of the molecule is Cc1cc2c3c(c1)N(c1ccc(-c4ccc5c(c4)oc4ccccc45)cc1)c1ccc(C(C)(C)C)cc1B3c1cc(C(C)(C)C)ccc1N2c1ccc(-c2ccc3c4c(oc3c2)CCC=C4)cc1. The first-order valence-electron chi connectivity index (χ1n) is 24.2. The van der Waals surface area contributed by atoms with Gasteiger partial charge in [0, 0.05) is 62.3 Å². The number of allylic oxidation sites excluding steroid dienone is 1. The zero-order valence-corrected chi connectivity index (χ0v) is 39.9. The highest BCUT2D eigenvalue weighted by Gasteiger charge is 2.44. The summed E-state index contributed by atoms with van der Waals surface area (Å²) in [5, 5.41) is 3.48. The van der Waals surface area contributed by atoms with Gasteiger partial charge in [0.25, 0.3) is 6.71 Å². The highest BCUT2D eigenvalue weighted by molar-refractivity contribution is 7.00. The van der Waals surface area contributed by atoms with Gasteiger partial charge < -0.3 is 18.6 Å². The summed E-state index contributed by atoms with van der Waals surface area (Å²) < 4.78 is 12.7. The van der Waals surface area contributed by atoms with Crippen molar-refractivity contribution in [2.75, 3.05) is 9.80 Å². The van der Waals surface area contributed by atoms with Crippen LogP contribution < -0.4 is 26.2 Å². The average molecular weight is 881 g/mol. The molecule has 330 valence electrons. The fraction of sp³-hybridized carbons (Fsp3) is 0.175. The number of nitrogens with zero attached hydrogens (tertiary/aromatic N) is 2. The number of hydrogen-bond acceptors (Lipinski definition) is 4. The molecule has 68 heavy (non-hydrogen) atoms. The summed E-state index contributed by atoms with van der Waals surface area (Å²) in [6.07, 6.45) is 6.46. The lowest BCUT2D eigenvalue weighted by molar-refractivity contribution is 0.546. The van der Waals surface area contributed by atoms with Crippen molar-refractivity contribution in [2.45, 2.75) is 72.1 Å². The molecule has 13 rings (SSSR count). The molecule has 5 heteroatoms. The van der Waals surface area contributed by atoms with Crippen molar-refractivity contribution in [3.8, 4) is 22.3 Å². The van der Waals surface area contributed by atoms with Crippen LogP contribution in [0.1, 0.15) is 76.0 Å². The summed E-state index contributed by atoms with van der Waals surface area (Å²) in [4.78, 5) is 5.05. The molecule has 0 fully saturated rings. The van der Waals surface area contributed by atoms with Crippen LogP contribution in [-0.2, 0) is 17.3 Å². The van der Waals surface area contributed by atoms with Crippen LogP contribution in [0.3, 0.4) is 0 Å². The molecule has 0 unspecified atom stereocenters. The normalized spacial score (nSPS) is 14.1. The van der Waals surface area contributed by atoms with Gasteiger partial charge in [-0.3, -0.25) is 0 Å². The first-order chi connectivity index (χ1) is 32.9. The minimum atomic E-state index is -0.0325. The first kappa shape index (κ1) is 40.8. The van der Waals surface area contributed by atoms with Crippen LogP contribution in [0.4, 0.5) is 34.1 Å². The molecule has 0 atom stereocenters. The quantitative estimate of drug-likeness (QED) is 0.165. The van der Waals surface area contributed by atoms with E-state index in [1.165, 1.54) is 72.3 Å². The Labute approximate surface area is 399 Å². The predicted octanol–water partition coefficient (Wildman–Crippen LogP) is 15.6. The van der Waals surface area contributed by atoms with Crippen molar-refractivity contribution in [2.24, 2.45) is 0 Å². The smallest absolute Gasteiger partial charge is 0.252 e. The van der Waals surface area contributed by atoms with E-state index < -0.39 is 0 Å². The molecule has 0 amide bonds. The first-order valence-corrected chi connectivity index (χ1v) is 24.2. The minimum absolute atomic E-state index is 0.0254. The number of benzene rings is 8. The van der Waals surface area contributed by atoms with Gasteiger partial charge in [0.05, 0.1) is 0 Å². The molecule has 0 saturated heterocycles. The molecule has 0 bridgehead atoms. The lowest BCUT2D eigenvalue weighted by atomic mass is 9.33. The molecular formula is C63H53BN2O2. The molecule has 10 aromatic rings. The standard InChI is InChI=1S/C63H53BN2O2/c1-38-32-55-61-56(33-38)66(46-26-18-40(19-27-46)42-21-29-50-48-13-9-11-15-58(48)68-60(50)35-42)54-31-23-44(63(5,6)7)37-52(54)64(61)51-36-43(62(2,3)4)22-30-53(51)65(55)45-24-16-39(17-25-45)41-20-28-49-47-12-8-10-14-57(47)67-59(49)34-41/h8-10,12-14,16-37H,11,15H2,1-7H3. The predicted molar refractivity (Wildman–Crippen MR) is 288 cm³/mol. The number of fused-ring (bicyclic) bond motifs is 10. The van der Waals surface area contributed by atoms with Gasteiger partial charge in [-0.1, -0.05) is 133 Å². The number of para-hydroxylation sites is 1. The zero-order chi connectivity index (χ0) is 46.2. The van der Waals surface area contributed by atoms with Gasteiger partial charge in [0.1, 0.15) is 22.5 Å². The van der Waals surface area contributed by atoms with Gasteiger partial charge >= 0.3 is 0 Å². The molecule has 0 N–H and O–H groups in total. The summed E-state index contributed by atoms with van der Waals surface area (Å²) in [6, 6.07) is 59.2.